The third kappa shape index (κ3) is 1.82. The van der Waals surface area contributed by atoms with Crippen molar-refractivity contribution in [2.75, 3.05) is 13.1 Å². The molecule has 2 aliphatic rings. The summed E-state index contributed by atoms with van der Waals surface area (Å²) >= 11 is 0. The number of nitrogens with one attached hydrogen (secondary N) is 1. The molecule has 0 bridgehead atoms. The summed E-state index contributed by atoms with van der Waals surface area (Å²) in [7, 11) is 0. The number of hydrogen-bond acceptors (Lipinski definition) is 3. The lowest BCUT2D eigenvalue weighted by Crippen LogP contribution is -2.49. The van der Waals surface area contributed by atoms with Crippen LogP contribution < -0.4 is 0 Å². The number of amides is 1. The molecule has 0 aromatic carbocycles. The first-order valence-electron chi connectivity index (χ1n) is 6.68. The van der Waals surface area contributed by atoms with Gasteiger partial charge in [-0.25, -0.2) is 4.98 Å². The molecule has 2 atom stereocenters. The Morgan fingerprint density at radius 3 is 3.00 bits per heavy atom. The molecule has 1 saturated carbocycles. The van der Waals surface area contributed by atoms with E-state index < -0.39 is 0 Å². The minimum absolute atomic E-state index is 0.0434. The van der Waals surface area contributed by atoms with Crippen molar-refractivity contribution in [3.63, 3.8) is 0 Å². The number of aromatic amines is 1. The molecule has 0 unspecified atom stereocenters. The van der Waals surface area contributed by atoms with Crippen LogP contribution in [-0.2, 0) is 0 Å². The highest BCUT2D eigenvalue weighted by atomic mass is 16.3. The first kappa shape index (κ1) is 11.7. The fourth-order valence-electron chi connectivity index (χ4n) is 3.46. The molecule has 1 aliphatic heterocycles. The number of carbonyl (C=O) groups excluding carboxylic acids is 1. The summed E-state index contributed by atoms with van der Waals surface area (Å²) < 4.78 is 0. The number of hydrogen-bond donors (Lipinski definition) is 2. The van der Waals surface area contributed by atoms with Crippen LogP contribution in [0.15, 0.2) is 12.4 Å². The summed E-state index contributed by atoms with van der Waals surface area (Å²) in [5, 5.41) is 10.2. The molecule has 1 amide bonds. The minimum Gasteiger partial charge on any atom is -0.392 e. The zero-order valence-corrected chi connectivity index (χ0v) is 10.4. The molecular weight excluding hydrogens is 230 g/mol. The Hall–Kier alpha value is -1.36. The standard InChI is InChI=1S/C13H19N3O2/c17-10-3-1-4-13(10)5-2-8-16(9-13)12(18)11-14-6-7-15-11/h6-7,10,17H,1-5,8-9H2,(H,14,15)/t10-,13+/m1/s1. The zero-order valence-electron chi connectivity index (χ0n) is 10.4. The average molecular weight is 249 g/mol. The van der Waals surface area contributed by atoms with Crippen molar-refractivity contribution in [2.45, 2.75) is 38.2 Å². The molecular formula is C13H19N3O2. The summed E-state index contributed by atoms with van der Waals surface area (Å²) in [6.45, 7) is 1.45. The highest BCUT2D eigenvalue weighted by molar-refractivity contribution is 5.90. The van der Waals surface area contributed by atoms with E-state index in [0.717, 1.165) is 38.6 Å². The maximum atomic E-state index is 12.3. The SMILES string of the molecule is O=C(c1ncc[nH]1)N1CCC[C@@]2(CCC[C@H]2O)C1. The predicted molar refractivity (Wildman–Crippen MR) is 66.0 cm³/mol. The fourth-order valence-corrected chi connectivity index (χ4v) is 3.46. The fraction of sp³-hybridized carbons (Fsp3) is 0.692. The van der Waals surface area contributed by atoms with Gasteiger partial charge in [-0.2, -0.15) is 0 Å². The lowest BCUT2D eigenvalue weighted by atomic mass is 9.76. The van der Waals surface area contributed by atoms with Gasteiger partial charge >= 0.3 is 0 Å². The van der Waals surface area contributed by atoms with Crippen molar-refractivity contribution < 1.29 is 9.90 Å². The van der Waals surface area contributed by atoms with Crippen molar-refractivity contribution in [3.8, 4) is 0 Å². The second-order valence-corrected chi connectivity index (χ2v) is 5.54. The zero-order chi connectivity index (χ0) is 12.6. The molecule has 18 heavy (non-hydrogen) atoms. The summed E-state index contributed by atoms with van der Waals surface area (Å²) in [5.74, 6) is 0.359. The largest absolute Gasteiger partial charge is 0.392 e. The monoisotopic (exact) mass is 249 g/mol. The average Bonchev–Trinajstić information content (AvgIpc) is 3.01. The van der Waals surface area contributed by atoms with E-state index in [0.29, 0.717) is 12.4 Å². The van der Waals surface area contributed by atoms with Crippen LogP contribution in [0.5, 0.6) is 0 Å². The van der Waals surface area contributed by atoms with Crippen molar-refractivity contribution in [1.29, 1.82) is 0 Å². The van der Waals surface area contributed by atoms with Crippen LogP contribution in [0.2, 0.25) is 0 Å². The lowest BCUT2D eigenvalue weighted by molar-refractivity contribution is -0.00573. The summed E-state index contributed by atoms with van der Waals surface area (Å²) in [6, 6.07) is 0. The van der Waals surface area contributed by atoms with Gasteiger partial charge in [0, 0.05) is 30.9 Å². The maximum absolute atomic E-state index is 12.3. The highest BCUT2D eigenvalue weighted by Gasteiger charge is 2.45. The highest BCUT2D eigenvalue weighted by Crippen LogP contribution is 2.45. The first-order chi connectivity index (χ1) is 8.71. The quantitative estimate of drug-likeness (QED) is 0.785. The summed E-state index contributed by atoms with van der Waals surface area (Å²) in [6.07, 6.45) is 8.02. The van der Waals surface area contributed by atoms with Gasteiger partial charge in [0.05, 0.1) is 6.10 Å². The molecule has 2 N–H and O–H groups in total. The van der Waals surface area contributed by atoms with Crippen molar-refractivity contribution in [1.82, 2.24) is 14.9 Å². The van der Waals surface area contributed by atoms with Crippen molar-refractivity contribution in [2.24, 2.45) is 5.41 Å². The minimum atomic E-state index is -0.246. The van der Waals surface area contributed by atoms with Gasteiger partial charge in [0.15, 0.2) is 5.82 Å². The van der Waals surface area contributed by atoms with Gasteiger partial charge in [-0.05, 0) is 25.7 Å². The van der Waals surface area contributed by atoms with E-state index in [1.807, 2.05) is 4.90 Å². The molecule has 3 rings (SSSR count). The van der Waals surface area contributed by atoms with Crippen molar-refractivity contribution in [3.05, 3.63) is 18.2 Å². The molecule has 1 spiro atoms. The van der Waals surface area contributed by atoms with E-state index in [-0.39, 0.29) is 17.4 Å². The smallest absolute Gasteiger partial charge is 0.289 e. The number of rotatable bonds is 1. The van der Waals surface area contributed by atoms with Gasteiger partial charge in [-0.3, -0.25) is 4.79 Å². The van der Waals surface area contributed by atoms with E-state index in [9.17, 15) is 9.90 Å². The molecule has 2 heterocycles. The number of carbonyl (C=O) groups is 1. The molecule has 1 aromatic rings. The van der Waals surface area contributed by atoms with Crippen LogP contribution in [0.1, 0.15) is 42.7 Å². The molecule has 1 saturated heterocycles. The third-order valence-electron chi connectivity index (χ3n) is 4.46. The molecule has 1 aromatic heterocycles. The number of H-pyrrole nitrogens is 1. The molecule has 98 valence electrons. The molecule has 1 aliphatic carbocycles. The predicted octanol–water partition coefficient (Wildman–Crippen LogP) is 1.18. The Balaban J connectivity index is 1.76. The Bertz CT molecular complexity index is 431. The third-order valence-corrected chi connectivity index (χ3v) is 4.46. The van der Waals surface area contributed by atoms with Crippen LogP contribution in [0, 0.1) is 5.41 Å². The first-order valence-corrected chi connectivity index (χ1v) is 6.68. The van der Waals surface area contributed by atoms with Gasteiger partial charge in [-0.1, -0.05) is 6.42 Å². The van der Waals surface area contributed by atoms with Crippen LogP contribution in [-0.4, -0.2) is 45.1 Å². The number of imidazole rings is 1. The second kappa shape index (κ2) is 4.39. The Kier molecular flexibility index (Phi) is 2.86. The normalized spacial score (nSPS) is 32.1. The summed E-state index contributed by atoms with van der Waals surface area (Å²) in [5.41, 5.74) is -0.0551. The molecule has 5 heteroatoms. The molecule has 0 radical (unpaired) electrons. The van der Waals surface area contributed by atoms with Crippen LogP contribution >= 0.6 is 0 Å². The number of aliphatic hydroxyl groups excluding tert-OH is 1. The van der Waals surface area contributed by atoms with Gasteiger partial charge in [0.1, 0.15) is 0 Å². The van der Waals surface area contributed by atoms with E-state index in [1.165, 1.54) is 0 Å². The Morgan fingerprint density at radius 1 is 1.50 bits per heavy atom. The van der Waals surface area contributed by atoms with Crippen LogP contribution in [0.25, 0.3) is 0 Å². The van der Waals surface area contributed by atoms with Crippen LogP contribution in [0.4, 0.5) is 0 Å². The lowest BCUT2D eigenvalue weighted by Gasteiger charge is -2.42. The van der Waals surface area contributed by atoms with E-state index in [2.05, 4.69) is 9.97 Å². The van der Waals surface area contributed by atoms with Gasteiger partial charge in [0.25, 0.3) is 5.91 Å². The number of likely N-dealkylation sites (tertiary alicyclic amines) is 1. The maximum Gasteiger partial charge on any atom is 0.289 e. The Morgan fingerprint density at radius 2 is 2.33 bits per heavy atom. The summed E-state index contributed by atoms with van der Waals surface area (Å²) in [4.78, 5) is 21.0. The van der Waals surface area contributed by atoms with Gasteiger partial charge < -0.3 is 15.0 Å². The van der Waals surface area contributed by atoms with Gasteiger partial charge in [-0.15, -0.1) is 0 Å². The van der Waals surface area contributed by atoms with Crippen LogP contribution in [0.3, 0.4) is 0 Å². The molecule has 5 nitrogen and oxygen atoms in total. The molecule has 2 fully saturated rings. The van der Waals surface area contributed by atoms with Gasteiger partial charge in [0.2, 0.25) is 0 Å². The number of nitrogens with zero attached hydrogens (tertiary/aromatic N) is 2. The number of aromatic nitrogens is 2. The second-order valence-electron chi connectivity index (χ2n) is 5.54. The topological polar surface area (TPSA) is 69.2 Å². The van der Waals surface area contributed by atoms with E-state index in [1.54, 1.807) is 12.4 Å². The van der Waals surface area contributed by atoms with E-state index in [4.69, 9.17) is 0 Å². The Labute approximate surface area is 106 Å². The van der Waals surface area contributed by atoms with E-state index >= 15 is 0 Å². The van der Waals surface area contributed by atoms with Crippen molar-refractivity contribution >= 4 is 5.91 Å². The number of piperidine rings is 1. The number of aliphatic hydroxyl groups is 1.